The number of nitrogens with zero attached hydrogens (tertiary/aromatic N) is 5. The number of nitrogens with one attached hydrogen (secondary N) is 2. The highest BCUT2D eigenvalue weighted by molar-refractivity contribution is 6.49. The molecule has 216 valence electrons. The molecule has 0 aliphatic carbocycles. The number of hydrogen-bond donors (Lipinski definition) is 2. The van der Waals surface area contributed by atoms with Crippen LogP contribution in [0.2, 0.25) is 0 Å². The number of carbonyl (C=O) groups excluding carboxylic acids is 3. The van der Waals surface area contributed by atoms with E-state index in [2.05, 4.69) is 34.6 Å². The van der Waals surface area contributed by atoms with E-state index >= 15 is 4.39 Å². The molecule has 6 heterocycles. The zero-order valence-electron chi connectivity index (χ0n) is 23.6. The van der Waals surface area contributed by atoms with Gasteiger partial charge >= 0.3 is 0 Å². The number of halogens is 1. The minimum Gasteiger partial charge on any atom is -0.341 e. The van der Waals surface area contributed by atoms with Crippen molar-refractivity contribution in [1.82, 2.24) is 34.4 Å². The summed E-state index contributed by atoms with van der Waals surface area (Å²) >= 11 is 0. The van der Waals surface area contributed by atoms with E-state index in [1.54, 1.807) is 22.9 Å². The molecule has 3 aliphatic rings. The van der Waals surface area contributed by atoms with Crippen molar-refractivity contribution in [2.24, 2.45) is 5.92 Å². The fraction of sp³-hybridized carbons (Fsp3) is 0.355. The van der Waals surface area contributed by atoms with Crippen LogP contribution in [0, 0.1) is 11.9 Å². The van der Waals surface area contributed by atoms with Crippen LogP contribution in [0.3, 0.4) is 0 Å². The van der Waals surface area contributed by atoms with Gasteiger partial charge in [-0.25, -0.2) is 4.98 Å². The number of imide groups is 1. The molecule has 7 rings (SSSR count). The third-order valence-electron chi connectivity index (χ3n) is 8.72. The minimum absolute atomic E-state index is 0.0223. The molecule has 0 saturated carbocycles. The topological polar surface area (TPSA) is 104 Å². The number of pyridine rings is 1. The van der Waals surface area contributed by atoms with Crippen LogP contribution in [-0.2, 0) is 27.5 Å². The van der Waals surface area contributed by atoms with E-state index < -0.39 is 23.8 Å². The molecule has 1 fully saturated rings. The van der Waals surface area contributed by atoms with Crippen LogP contribution in [0.5, 0.6) is 0 Å². The third-order valence-corrected chi connectivity index (χ3v) is 8.72. The summed E-state index contributed by atoms with van der Waals surface area (Å²) < 4.78 is 19.0. The molecule has 1 saturated heterocycles. The first kappa shape index (κ1) is 26.5. The zero-order valence-corrected chi connectivity index (χ0v) is 23.6. The van der Waals surface area contributed by atoms with E-state index in [9.17, 15) is 14.4 Å². The quantitative estimate of drug-likeness (QED) is 0.358. The van der Waals surface area contributed by atoms with Crippen molar-refractivity contribution in [2.45, 2.75) is 32.0 Å². The average Bonchev–Trinajstić information content (AvgIpc) is 3.57. The minimum atomic E-state index is -0.583. The summed E-state index contributed by atoms with van der Waals surface area (Å²) in [6, 6.07) is 9.90. The number of aromatic nitrogens is 3. The molecule has 10 nitrogen and oxygen atoms in total. The summed E-state index contributed by atoms with van der Waals surface area (Å²) in [6.07, 6.45) is 5.25. The Morgan fingerprint density at radius 1 is 1.10 bits per heavy atom. The normalized spacial score (nSPS) is 19.8. The molecule has 1 aromatic carbocycles. The van der Waals surface area contributed by atoms with Gasteiger partial charge in [0, 0.05) is 50.4 Å². The van der Waals surface area contributed by atoms with Crippen molar-refractivity contribution in [3.8, 4) is 0 Å². The Balaban J connectivity index is 1.25. The molecule has 4 aromatic rings. The van der Waals surface area contributed by atoms with E-state index in [1.807, 2.05) is 29.2 Å². The third kappa shape index (κ3) is 4.31. The molecule has 3 aliphatic heterocycles. The van der Waals surface area contributed by atoms with Crippen molar-refractivity contribution < 1.29 is 18.8 Å². The average molecular weight is 570 g/mol. The van der Waals surface area contributed by atoms with Crippen molar-refractivity contribution in [1.29, 1.82) is 0 Å². The van der Waals surface area contributed by atoms with E-state index in [-0.39, 0.29) is 23.6 Å². The molecule has 3 amide bonds. The fourth-order valence-electron chi connectivity index (χ4n) is 6.75. The van der Waals surface area contributed by atoms with Crippen LogP contribution in [0.4, 0.5) is 4.39 Å². The molecule has 3 aromatic heterocycles. The van der Waals surface area contributed by atoms with Gasteiger partial charge in [-0.15, -0.1) is 0 Å². The Hall–Kier alpha value is -4.35. The summed E-state index contributed by atoms with van der Waals surface area (Å²) in [4.78, 5) is 48.3. The van der Waals surface area contributed by atoms with Crippen LogP contribution >= 0.6 is 0 Å². The Labute approximate surface area is 241 Å². The zero-order chi connectivity index (χ0) is 29.1. The predicted octanol–water partition coefficient (Wildman–Crippen LogP) is 2.27. The summed E-state index contributed by atoms with van der Waals surface area (Å²) in [5.74, 6) is -1.02. The highest BCUT2D eigenvalue weighted by atomic mass is 19.1. The molecular formula is C31H32FN7O3. The first-order chi connectivity index (χ1) is 20.3. The van der Waals surface area contributed by atoms with Crippen LogP contribution in [0.15, 0.2) is 48.8 Å². The van der Waals surface area contributed by atoms with Gasteiger partial charge in [0.1, 0.15) is 11.7 Å². The van der Waals surface area contributed by atoms with Crippen molar-refractivity contribution >= 4 is 45.4 Å². The van der Waals surface area contributed by atoms with Gasteiger partial charge in [0.15, 0.2) is 5.95 Å². The van der Waals surface area contributed by atoms with Gasteiger partial charge in [0.2, 0.25) is 5.91 Å². The first-order valence-electron chi connectivity index (χ1n) is 14.3. The van der Waals surface area contributed by atoms with Crippen LogP contribution < -0.4 is 10.6 Å². The monoisotopic (exact) mass is 569 g/mol. The number of rotatable bonds is 5. The van der Waals surface area contributed by atoms with Crippen molar-refractivity contribution in [3.05, 3.63) is 71.6 Å². The van der Waals surface area contributed by atoms with Gasteiger partial charge < -0.3 is 19.7 Å². The lowest BCUT2D eigenvalue weighted by atomic mass is 9.95. The number of hydrogen-bond acceptors (Lipinski definition) is 6. The lowest BCUT2D eigenvalue weighted by molar-refractivity contribution is -0.135. The maximum Gasteiger partial charge on any atom is 0.261 e. The number of imidazole rings is 1. The smallest absolute Gasteiger partial charge is 0.261 e. The number of benzene rings is 1. The number of likely N-dealkylation sites (tertiary alicyclic amines) is 1. The number of amides is 3. The van der Waals surface area contributed by atoms with E-state index in [0.29, 0.717) is 53.4 Å². The van der Waals surface area contributed by atoms with E-state index in [1.165, 1.54) is 10.6 Å². The standard InChI is InChI=1S/C31H32FN7O3/c1-36(2)16-18-8-11-37(12-9-18)31(42)22-17-39-24(32)13-21-20(7-6-19(14-33-22)28(21)39)26-27(30(41)35-29(26)40)23-15-34-25-5-3-4-10-38(23)25/h3-7,10,13,15,18,22,33H,8-9,11-12,14,16-17H2,1-2H3,(H,35,40,41). The molecular weight excluding hydrogens is 537 g/mol. The second-order valence-electron chi connectivity index (χ2n) is 11.7. The Morgan fingerprint density at radius 3 is 2.67 bits per heavy atom. The Morgan fingerprint density at radius 2 is 1.88 bits per heavy atom. The van der Waals surface area contributed by atoms with Gasteiger partial charge in [0.05, 0.1) is 28.6 Å². The van der Waals surface area contributed by atoms with Crippen LogP contribution in [0.25, 0.3) is 27.7 Å². The fourth-order valence-corrected chi connectivity index (χ4v) is 6.75. The van der Waals surface area contributed by atoms with Crippen LogP contribution in [0.1, 0.15) is 29.7 Å². The summed E-state index contributed by atoms with van der Waals surface area (Å²) in [5.41, 5.74) is 3.39. The van der Waals surface area contributed by atoms with Gasteiger partial charge in [-0.3, -0.25) is 24.1 Å². The number of piperidine rings is 1. The number of fused-ring (bicyclic) bond motifs is 1. The van der Waals surface area contributed by atoms with Gasteiger partial charge in [-0.1, -0.05) is 18.2 Å². The lowest BCUT2D eigenvalue weighted by Gasteiger charge is -2.35. The van der Waals surface area contributed by atoms with Gasteiger partial charge in [0.25, 0.3) is 11.8 Å². The molecule has 42 heavy (non-hydrogen) atoms. The second kappa shape index (κ2) is 10.2. The summed E-state index contributed by atoms with van der Waals surface area (Å²) in [6.45, 7) is 2.90. The lowest BCUT2D eigenvalue weighted by Crippen LogP contribution is -2.50. The largest absolute Gasteiger partial charge is 0.341 e. The maximum atomic E-state index is 15.7. The molecule has 2 N–H and O–H groups in total. The van der Waals surface area contributed by atoms with E-state index in [4.69, 9.17) is 0 Å². The highest BCUT2D eigenvalue weighted by Gasteiger charge is 2.37. The number of carbonyl (C=O) groups is 3. The molecule has 1 unspecified atom stereocenters. The molecule has 0 bridgehead atoms. The van der Waals surface area contributed by atoms with Crippen molar-refractivity contribution in [2.75, 3.05) is 33.7 Å². The summed E-state index contributed by atoms with van der Waals surface area (Å²) in [7, 11) is 4.13. The molecule has 1 atom stereocenters. The Bertz CT molecular complexity index is 1790. The molecule has 0 spiro atoms. The van der Waals surface area contributed by atoms with Gasteiger partial charge in [-0.05, 0) is 56.1 Å². The molecule has 0 radical (unpaired) electrons. The van der Waals surface area contributed by atoms with Gasteiger partial charge in [-0.2, -0.15) is 4.39 Å². The van der Waals surface area contributed by atoms with E-state index in [0.717, 1.165) is 24.9 Å². The SMILES string of the molecule is CN(C)CC1CCN(C(=O)C2Cn3c(F)cc4c(C5=C(c6cnc7ccccn67)C(=O)NC5=O)ccc(c43)CN2)CC1. The predicted molar refractivity (Wildman–Crippen MR) is 156 cm³/mol. The first-order valence-corrected chi connectivity index (χ1v) is 14.3. The highest BCUT2D eigenvalue weighted by Crippen LogP contribution is 2.38. The molecule has 11 heteroatoms. The van der Waals surface area contributed by atoms with Crippen LogP contribution in [-0.4, -0.2) is 81.2 Å². The summed E-state index contributed by atoms with van der Waals surface area (Å²) in [5, 5.41) is 6.30. The maximum absolute atomic E-state index is 15.7. The Kier molecular flexibility index (Phi) is 6.43. The second-order valence-corrected chi connectivity index (χ2v) is 11.7. The van der Waals surface area contributed by atoms with Crippen molar-refractivity contribution in [3.63, 3.8) is 0 Å².